The molecule has 0 saturated carbocycles. The Morgan fingerprint density at radius 3 is 2.71 bits per heavy atom. The summed E-state index contributed by atoms with van der Waals surface area (Å²) in [6.07, 6.45) is 3.29. The maximum atomic E-state index is 13.2. The third kappa shape index (κ3) is 5.30. The second kappa shape index (κ2) is 10.3. The van der Waals surface area contributed by atoms with Crippen molar-refractivity contribution >= 4 is 28.3 Å². The van der Waals surface area contributed by atoms with Crippen LogP contribution in [0.1, 0.15) is 50.8 Å². The Hall–Kier alpha value is -4.03. The molecule has 3 aromatic carbocycles. The maximum absolute atomic E-state index is 13.2. The lowest BCUT2D eigenvalue weighted by atomic mass is 9.97. The largest absolute Gasteiger partial charge is 0.457 e. The second-order valence-electron chi connectivity index (χ2n) is 7.40. The number of carbonyl (C=O) groups is 2. The Kier molecular flexibility index (Phi) is 4.31. The van der Waals surface area contributed by atoms with Crippen molar-refractivity contribution in [2.45, 2.75) is 26.2 Å². The summed E-state index contributed by atoms with van der Waals surface area (Å²) in [6, 6.07) is 14.9. The number of fused-ring (bicyclic) bond motifs is 1. The average molecular weight is 463 g/mol. The monoisotopic (exact) mass is 462 g/mol. The zero-order chi connectivity index (χ0) is 31.8. The van der Waals surface area contributed by atoms with Crippen molar-refractivity contribution in [1.29, 1.82) is 0 Å². The van der Waals surface area contributed by atoms with E-state index in [9.17, 15) is 9.59 Å². The number of nitrogens with zero attached hydrogens (tertiary/aromatic N) is 1. The first kappa shape index (κ1) is 14.3. The lowest BCUT2D eigenvalue weighted by Gasteiger charge is -2.16. The molecule has 0 spiro atoms. The number of aryl methyl sites for hydroxylation is 2. The highest BCUT2D eigenvalue weighted by atomic mass is 16.5. The number of amides is 1. The number of pyridine rings is 1. The molecule has 1 aromatic heterocycles. The first-order valence-corrected chi connectivity index (χ1v) is 10.3. The SMILES string of the molecule is [2H]C([2H])([2H])c1ccc(C(=O)OC([2H])([2H])c2ccc([C@]([2H])(CN)C(=O)Nc3ccc4cnccc4c3)cc2)c(C([2H])([2H])[2H])c1. The molecular weight excluding hydrogens is 426 g/mol. The lowest BCUT2D eigenvalue weighted by Crippen LogP contribution is -2.27. The van der Waals surface area contributed by atoms with Gasteiger partial charge in [-0.15, -0.1) is 0 Å². The van der Waals surface area contributed by atoms with Gasteiger partial charge in [-0.25, -0.2) is 4.79 Å². The molecule has 0 aliphatic carbocycles. The Balaban J connectivity index is 1.55. The first-order valence-electron chi connectivity index (χ1n) is 14.8. The van der Waals surface area contributed by atoms with Gasteiger partial charge in [0.05, 0.1) is 14.2 Å². The molecule has 0 bridgehead atoms. The number of anilines is 1. The number of aromatic nitrogens is 1. The maximum Gasteiger partial charge on any atom is 0.338 e. The van der Waals surface area contributed by atoms with Crippen molar-refractivity contribution in [3.05, 3.63) is 107 Å². The van der Waals surface area contributed by atoms with Gasteiger partial charge in [-0.3, -0.25) is 9.78 Å². The van der Waals surface area contributed by atoms with Crippen LogP contribution in [0.5, 0.6) is 0 Å². The predicted molar refractivity (Wildman–Crippen MR) is 134 cm³/mol. The van der Waals surface area contributed by atoms with Gasteiger partial charge in [-0.05, 0) is 60.0 Å². The number of hydrogen-bond donors (Lipinski definition) is 2. The summed E-state index contributed by atoms with van der Waals surface area (Å²) in [6.45, 7) is -8.67. The molecule has 1 atom stereocenters. The number of nitrogens with one attached hydrogen (secondary N) is 1. The molecule has 0 aliphatic heterocycles. The van der Waals surface area contributed by atoms with Crippen LogP contribution in [0, 0.1) is 13.7 Å². The number of nitrogens with two attached hydrogens (primary N) is 1. The predicted octanol–water partition coefficient (Wildman–Crippen LogP) is 4.89. The molecule has 1 amide bonds. The lowest BCUT2D eigenvalue weighted by molar-refractivity contribution is -0.117. The topological polar surface area (TPSA) is 94.3 Å². The minimum atomic E-state index is -2.88. The quantitative estimate of drug-likeness (QED) is 0.381. The Labute approximate surface area is 211 Å². The molecule has 0 unspecified atom stereocenters. The van der Waals surface area contributed by atoms with Gasteiger partial charge >= 0.3 is 5.97 Å². The highest BCUT2D eigenvalue weighted by Gasteiger charge is 2.19. The van der Waals surface area contributed by atoms with Crippen molar-refractivity contribution in [2.24, 2.45) is 5.73 Å². The highest BCUT2D eigenvalue weighted by Crippen LogP contribution is 2.22. The fourth-order valence-electron chi connectivity index (χ4n) is 3.33. The van der Waals surface area contributed by atoms with E-state index in [-0.39, 0.29) is 16.7 Å². The summed E-state index contributed by atoms with van der Waals surface area (Å²) in [5.41, 5.74) is 4.87. The molecule has 0 radical (unpaired) electrons. The molecule has 4 rings (SSSR count). The van der Waals surface area contributed by atoms with Crippen LogP contribution in [0.3, 0.4) is 0 Å². The number of rotatable bonds is 7. The van der Waals surface area contributed by atoms with Crippen molar-refractivity contribution in [2.75, 3.05) is 11.9 Å². The normalized spacial score (nSPS) is 17.7. The van der Waals surface area contributed by atoms with E-state index in [0.29, 0.717) is 5.69 Å². The van der Waals surface area contributed by atoms with Gasteiger partial charge in [0.15, 0.2) is 0 Å². The molecule has 0 aliphatic rings. The molecule has 3 N–H and O–H groups in total. The Bertz CT molecular complexity index is 1670. The summed E-state index contributed by atoms with van der Waals surface area (Å²) in [7, 11) is 0. The van der Waals surface area contributed by atoms with E-state index < -0.39 is 55.7 Å². The Morgan fingerprint density at radius 1 is 1.09 bits per heavy atom. The minimum absolute atomic E-state index is 0.147. The van der Waals surface area contributed by atoms with Crippen LogP contribution in [0.4, 0.5) is 5.69 Å². The van der Waals surface area contributed by atoms with Gasteiger partial charge < -0.3 is 15.8 Å². The van der Waals surface area contributed by atoms with Crippen LogP contribution in [0.15, 0.2) is 79.1 Å². The van der Waals surface area contributed by atoms with Crippen LogP contribution in [0.2, 0.25) is 0 Å². The molecular formula is C28H27N3O3. The smallest absolute Gasteiger partial charge is 0.338 e. The number of ether oxygens (including phenoxy) is 1. The minimum Gasteiger partial charge on any atom is -0.457 e. The summed E-state index contributed by atoms with van der Waals surface area (Å²) in [5, 5.41) is 4.39. The highest BCUT2D eigenvalue weighted by molar-refractivity contribution is 5.98. The van der Waals surface area contributed by atoms with Crippen LogP contribution in [0.25, 0.3) is 10.8 Å². The molecule has 172 valence electrons. The molecule has 1 heterocycles. The second-order valence-corrected chi connectivity index (χ2v) is 7.40. The Morgan fingerprint density at radius 2 is 1.94 bits per heavy atom. The van der Waals surface area contributed by atoms with Gasteiger partial charge in [-0.1, -0.05) is 48.0 Å². The van der Waals surface area contributed by atoms with Gasteiger partial charge in [-0.2, -0.15) is 0 Å². The fraction of sp³-hybridized carbons (Fsp3) is 0.179. The van der Waals surface area contributed by atoms with E-state index in [1.54, 1.807) is 36.7 Å². The van der Waals surface area contributed by atoms with E-state index in [1.165, 1.54) is 24.3 Å². The fourth-order valence-corrected chi connectivity index (χ4v) is 3.33. The standard InChI is InChI=1S/C28H27N3O3/c1-18-3-10-25(19(2)13-18)28(33)34-17-20-4-6-21(7-5-20)26(15-29)27(32)31-24-9-8-23-16-30-12-11-22(23)14-24/h3-14,16,26H,15,17,29H2,1-2H3,(H,31,32)/t26-/m0/s1/i1D3,2D3,17D2,26D. The van der Waals surface area contributed by atoms with Crippen molar-refractivity contribution in [3.8, 4) is 0 Å². The van der Waals surface area contributed by atoms with E-state index in [4.69, 9.17) is 22.8 Å². The third-order valence-electron chi connectivity index (χ3n) is 5.11. The van der Waals surface area contributed by atoms with Crippen LogP contribution >= 0.6 is 0 Å². The van der Waals surface area contributed by atoms with Crippen molar-refractivity contribution in [3.63, 3.8) is 0 Å². The zero-order valence-corrected chi connectivity index (χ0v) is 18.0. The molecule has 6 heteroatoms. The van der Waals surface area contributed by atoms with Gasteiger partial charge in [0.2, 0.25) is 5.91 Å². The van der Waals surface area contributed by atoms with E-state index in [0.717, 1.165) is 29.0 Å². The van der Waals surface area contributed by atoms with Crippen molar-refractivity contribution < 1.29 is 26.7 Å². The summed E-state index contributed by atoms with van der Waals surface area (Å²) in [4.78, 5) is 30.1. The van der Waals surface area contributed by atoms with E-state index in [1.807, 2.05) is 0 Å². The van der Waals surface area contributed by atoms with E-state index >= 15 is 0 Å². The number of hydrogen-bond acceptors (Lipinski definition) is 5. The van der Waals surface area contributed by atoms with Crippen LogP contribution in [-0.2, 0) is 16.1 Å². The van der Waals surface area contributed by atoms with E-state index in [2.05, 4.69) is 10.3 Å². The van der Waals surface area contributed by atoms with Gasteiger partial charge in [0.1, 0.15) is 6.56 Å². The summed E-state index contributed by atoms with van der Waals surface area (Å²) < 4.78 is 76.2. The molecule has 0 saturated heterocycles. The number of esters is 1. The molecule has 0 fully saturated rings. The first-order chi connectivity index (χ1) is 20.0. The third-order valence-corrected chi connectivity index (χ3v) is 5.11. The number of benzene rings is 3. The van der Waals surface area contributed by atoms with Gasteiger partial charge in [0.25, 0.3) is 0 Å². The molecule has 4 aromatic rings. The van der Waals surface area contributed by atoms with Crippen LogP contribution in [-0.4, -0.2) is 23.4 Å². The molecule has 34 heavy (non-hydrogen) atoms. The summed E-state index contributed by atoms with van der Waals surface area (Å²) in [5.74, 6) is -3.99. The van der Waals surface area contributed by atoms with Crippen molar-refractivity contribution in [1.82, 2.24) is 4.98 Å². The molecule has 6 nitrogen and oxygen atoms in total. The summed E-state index contributed by atoms with van der Waals surface area (Å²) >= 11 is 0. The zero-order valence-electron chi connectivity index (χ0n) is 27.0. The van der Waals surface area contributed by atoms with Crippen LogP contribution < -0.4 is 11.1 Å². The average Bonchev–Trinajstić information content (AvgIpc) is 2.95. The van der Waals surface area contributed by atoms with Gasteiger partial charge in [0, 0.05) is 39.6 Å². The number of carbonyl (C=O) groups excluding carboxylic acids is 2.